The number of hydrogen-bond donors (Lipinski definition) is 1. The van der Waals surface area contributed by atoms with Gasteiger partial charge in [0.25, 0.3) is 5.91 Å². The van der Waals surface area contributed by atoms with Gasteiger partial charge in [0, 0.05) is 30.9 Å². The van der Waals surface area contributed by atoms with Crippen LogP contribution in [0, 0.1) is 11.6 Å². The third-order valence-corrected chi connectivity index (χ3v) is 6.42. The number of likely N-dealkylation sites (tertiary alicyclic amines) is 1. The smallest absolute Gasteiger partial charge is 0.419 e. The Morgan fingerprint density at radius 3 is 2.54 bits per heavy atom. The fraction of sp³-hybridized carbons (Fsp3) is 0.280. The predicted octanol–water partition coefficient (Wildman–Crippen LogP) is 5.40. The van der Waals surface area contributed by atoms with Crippen LogP contribution in [-0.2, 0) is 13.2 Å². The molecule has 0 spiro atoms. The van der Waals surface area contributed by atoms with Gasteiger partial charge in [-0.25, -0.2) is 23.4 Å². The summed E-state index contributed by atoms with van der Waals surface area (Å²) in [6.45, 7) is 0.497. The Morgan fingerprint density at radius 1 is 1.11 bits per heavy atom. The van der Waals surface area contributed by atoms with Crippen molar-refractivity contribution in [2.24, 2.45) is 7.05 Å². The van der Waals surface area contributed by atoms with E-state index in [2.05, 4.69) is 15.1 Å². The molecule has 1 N–H and O–H groups in total. The van der Waals surface area contributed by atoms with Gasteiger partial charge in [-0.15, -0.1) is 0 Å². The Balaban J connectivity index is 1.59. The molecule has 3 heterocycles. The zero-order chi connectivity index (χ0) is 26.5. The average molecular weight is 517 g/mol. The van der Waals surface area contributed by atoms with Crippen molar-refractivity contribution < 1.29 is 31.9 Å². The van der Waals surface area contributed by atoms with Crippen LogP contribution in [0.15, 0.2) is 42.6 Å². The number of aryl methyl sites for hydroxylation is 1. The van der Waals surface area contributed by atoms with E-state index in [4.69, 9.17) is 0 Å². The van der Waals surface area contributed by atoms with E-state index < -0.39 is 40.7 Å². The van der Waals surface area contributed by atoms with Gasteiger partial charge >= 0.3 is 6.18 Å². The van der Waals surface area contributed by atoms with Crippen LogP contribution in [0.2, 0.25) is 0 Å². The van der Waals surface area contributed by atoms with E-state index in [1.165, 1.54) is 17.9 Å². The largest absolute Gasteiger partial charge is 0.503 e. The van der Waals surface area contributed by atoms with Gasteiger partial charge in [-0.3, -0.25) is 4.79 Å². The SMILES string of the molecule is Cn1nc(-c2cc(C(F)(F)F)c(F)c(O)c2F)c2cnc(C3CCCCN3C(=O)c3ccccc3)nc21. The number of carbonyl (C=O) groups is 1. The van der Waals surface area contributed by atoms with Crippen molar-refractivity contribution in [3.05, 3.63) is 71.2 Å². The number of alkyl halides is 3. The monoisotopic (exact) mass is 517 g/mol. The molecular formula is C25H20F5N5O2. The maximum atomic E-state index is 14.7. The maximum Gasteiger partial charge on any atom is 0.419 e. The minimum absolute atomic E-state index is 0.0982. The molecule has 7 nitrogen and oxygen atoms in total. The fourth-order valence-corrected chi connectivity index (χ4v) is 4.60. The molecule has 0 radical (unpaired) electrons. The number of aromatic nitrogens is 4. The molecule has 1 unspecified atom stereocenters. The van der Waals surface area contributed by atoms with Crippen molar-refractivity contribution in [1.29, 1.82) is 0 Å². The third kappa shape index (κ3) is 4.25. The van der Waals surface area contributed by atoms with Gasteiger partial charge in [0.2, 0.25) is 0 Å². The van der Waals surface area contributed by atoms with Gasteiger partial charge in [-0.2, -0.15) is 18.3 Å². The summed E-state index contributed by atoms with van der Waals surface area (Å²) < 4.78 is 69.8. The van der Waals surface area contributed by atoms with Gasteiger partial charge in [0.15, 0.2) is 28.9 Å². The number of phenols is 1. The van der Waals surface area contributed by atoms with Gasteiger partial charge in [0.1, 0.15) is 5.69 Å². The molecule has 1 aliphatic rings. The Labute approximate surface area is 207 Å². The van der Waals surface area contributed by atoms with E-state index in [-0.39, 0.29) is 28.7 Å². The van der Waals surface area contributed by atoms with Gasteiger partial charge in [-0.05, 0) is 37.5 Å². The van der Waals surface area contributed by atoms with Crippen molar-refractivity contribution in [3.8, 4) is 17.0 Å². The highest BCUT2D eigenvalue weighted by atomic mass is 19.4. The number of piperidine rings is 1. The van der Waals surface area contributed by atoms with E-state index in [0.717, 1.165) is 12.8 Å². The second kappa shape index (κ2) is 9.09. The number of nitrogens with zero attached hydrogens (tertiary/aromatic N) is 5. The molecule has 0 bridgehead atoms. The molecule has 12 heteroatoms. The lowest BCUT2D eigenvalue weighted by molar-refractivity contribution is -0.140. The molecule has 0 aliphatic carbocycles. The van der Waals surface area contributed by atoms with Gasteiger partial charge in [-0.1, -0.05) is 18.2 Å². The van der Waals surface area contributed by atoms with Crippen LogP contribution in [-0.4, -0.2) is 42.2 Å². The van der Waals surface area contributed by atoms with Crippen molar-refractivity contribution >= 4 is 16.9 Å². The number of carbonyl (C=O) groups excluding carboxylic acids is 1. The summed E-state index contributed by atoms with van der Waals surface area (Å²) in [7, 11) is 1.46. The lowest BCUT2D eigenvalue weighted by atomic mass is 9.99. The van der Waals surface area contributed by atoms with E-state index in [0.29, 0.717) is 24.4 Å². The molecule has 5 rings (SSSR count). The van der Waals surface area contributed by atoms with Crippen LogP contribution in [0.25, 0.3) is 22.3 Å². The van der Waals surface area contributed by atoms with Gasteiger partial charge in [0.05, 0.1) is 17.0 Å². The number of fused-ring (bicyclic) bond motifs is 1. The van der Waals surface area contributed by atoms with E-state index in [1.54, 1.807) is 29.2 Å². The summed E-state index contributed by atoms with van der Waals surface area (Å²) in [4.78, 5) is 23.7. The van der Waals surface area contributed by atoms with Crippen LogP contribution in [0.1, 0.15) is 47.1 Å². The first-order valence-corrected chi connectivity index (χ1v) is 11.4. The highest BCUT2D eigenvalue weighted by Gasteiger charge is 2.38. The molecule has 37 heavy (non-hydrogen) atoms. The lowest BCUT2D eigenvalue weighted by Gasteiger charge is -2.34. The summed E-state index contributed by atoms with van der Waals surface area (Å²) in [6.07, 6.45) is -1.64. The van der Waals surface area contributed by atoms with Crippen LogP contribution in [0.3, 0.4) is 0 Å². The average Bonchev–Trinajstić information content (AvgIpc) is 3.22. The molecule has 1 aliphatic heterocycles. The Hall–Kier alpha value is -4.09. The number of amides is 1. The number of phenolic OH excluding ortho intramolecular Hbond substituents is 1. The Kier molecular flexibility index (Phi) is 6.04. The first-order valence-electron chi connectivity index (χ1n) is 11.4. The fourth-order valence-electron chi connectivity index (χ4n) is 4.60. The minimum atomic E-state index is -5.17. The number of halogens is 5. The standard InChI is InChI=1S/C25H20F5N5O2/c1-34-23-15(20(33-34)14-11-16(25(28,29)30)19(27)21(36)18(14)26)12-31-22(32-23)17-9-5-6-10-35(17)24(37)13-7-3-2-4-8-13/h2-4,7-8,11-12,17,36H,5-6,9-10H2,1H3. The zero-order valence-electron chi connectivity index (χ0n) is 19.4. The molecule has 1 atom stereocenters. The van der Waals surface area contributed by atoms with Crippen LogP contribution in [0.5, 0.6) is 5.75 Å². The number of benzene rings is 2. The van der Waals surface area contributed by atoms with Crippen molar-refractivity contribution in [3.63, 3.8) is 0 Å². The molecule has 192 valence electrons. The number of rotatable bonds is 3. The third-order valence-electron chi connectivity index (χ3n) is 6.42. The summed E-state index contributed by atoms with van der Waals surface area (Å²) in [5.41, 5.74) is -2.16. The molecule has 0 saturated carbocycles. The number of hydrogen-bond acceptors (Lipinski definition) is 5. The Bertz CT molecular complexity index is 1500. The number of aromatic hydroxyl groups is 1. The summed E-state index contributed by atoms with van der Waals surface area (Å²) in [5, 5.41) is 13.9. The molecular weight excluding hydrogens is 497 g/mol. The molecule has 1 saturated heterocycles. The van der Waals surface area contributed by atoms with Crippen molar-refractivity contribution in [2.75, 3.05) is 6.54 Å². The van der Waals surface area contributed by atoms with Crippen LogP contribution >= 0.6 is 0 Å². The Morgan fingerprint density at radius 2 is 1.84 bits per heavy atom. The quantitative estimate of drug-likeness (QED) is 0.368. The zero-order valence-corrected chi connectivity index (χ0v) is 19.4. The first-order chi connectivity index (χ1) is 17.6. The van der Waals surface area contributed by atoms with E-state index in [1.807, 2.05) is 6.07 Å². The molecule has 2 aromatic heterocycles. The van der Waals surface area contributed by atoms with Crippen molar-refractivity contribution in [2.45, 2.75) is 31.5 Å². The molecule has 1 fully saturated rings. The molecule has 1 amide bonds. The molecule has 2 aromatic carbocycles. The summed E-state index contributed by atoms with van der Waals surface area (Å²) in [6, 6.07) is 8.59. The second-order valence-electron chi connectivity index (χ2n) is 8.76. The molecule has 4 aromatic rings. The summed E-state index contributed by atoms with van der Waals surface area (Å²) in [5.74, 6) is -5.31. The normalized spacial score (nSPS) is 16.4. The minimum Gasteiger partial charge on any atom is -0.503 e. The summed E-state index contributed by atoms with van der Waals surface area (Å²) >= 11 is 0. The van der Waals surface area contributed by atoms with Crippen LogP contribution < -0.4 is 0 Å². The highest BCUT2D eigenvalue weighted by molar-refractivity contribution is 5.94. The maximum absolute atomic E-state index is 14.7. The van der Waals surface area contributed by atoms with Crippen LogP contribution in [0.4, 0.5) is 22.0 Å². The van der Waals surface area contributed by atoms with Gasteiger partial charge < -0.3 is 10.0 Å². The predicted molar refractivity (Wildman–Crippen MR) is 122 cm³/mol. The second-order valence-corrected chi connectivity index (χ2v) is 8.76. The van der Waals surface area contributed by atoms with Crippen molar-refractivity contribution in [1.82, 2.24) is 24.6 Å². The lowest BCUT2D eigenvalue weighted by Crippen LogP contribution is -2.39. The van der Waals surface area contributed by atoms with E-state index in [9.17, 15) is 31.9 Å². The topological polar surface area (TPSA) is 84.1 Å². The highest BCUT2D eigenvalue weighted by Crippen LogP contribution is 2.41. The first kappa shape index (κ1) is 24.6. The van der Waals surface area contributed by atoms with E-state index >= 15 is 0 Å².